The minimum atomic E-state index is -0.353. The van der Waals surface area contributed by atoms with Crippen molar-refractivity contribution < 1.29 is 9.53 Å². The SMILES string of the molecule is CN(C(=O)OC1C2CCC1N(Cc1ccccc1)C2)c1cccc(C#N)c1. The minimum absolute atomic E-state index is 0.0530. The molecule has 27 heavy (non-hydrogen) atoms. The Bertz CT molecular complexity index is 861. The third kappa shape index (κ3) is 3.54. The predicted molar refractivity (Wildman–Crippen MR) is 103 cm³/mol. The van der Waals surface area contributed by atoms with E-state index in [0.29, 0.717) is 17.2 Å². The number of rotatable bonds is 4. The number of hydrogen-bond donors (Lipinski definition) is 0. The van der Waals surface area contributed by atoms with E-state index in [1.54, 1.807) is 25.2 Å². The Morgan fingerprint density at radius 1 is 1.22 bits per heavy atom. The summed E-state index contributed by atoms with van der Waals surface area (Å²) in [4.78, 5) is 16.6. The van der Waals surface area contributed by atoms with E-state index in [4.69, 9.17) is 10.00 Å². The molecule has 1 aliphatic carbocycles. The Morgan fingerprint density at radius 3 is 2.81 bits per heavy atom. The highest BCUT2D eigenvalue weighted by Crippen LogP contribution is 2.40. The van der Waals surface area contributed by atoms with Crippen molar-refractivity contribution in [2.45, 2.75) is 31.5 Å². The highest BCUT2D eigenvalue weighted by Gasteiger charge is 2.49. The predicted octanol–water partition coefficient (Wildman–Crippen LogP) is 3.79. The molecule has 1 amide bonds. The maximum atomic E-state index is 12.7. The largest absolute Gasteiger partial charge is 0.444 e. The van der Waals surface area contributed by atoms with E-state index in [-0.39, 0.29) is 18.2 Å². The molecule has 0 spiro atoms. The number of carbonyl (C=O) groups excluding carboxylic acids is 1. The van der Waals surface area contributed by atoms with Crippen molar-refractivity contribution in [1.29, 1.82) is 5.26 Å². The van der Waals surface area contributed by atoms with Gasteiger partial charge in [0.1, 0.15) is 6.10 Å². The molecule has 2 aromatic rings. The van der Waals surface area contributed by atoms with Crippen molar-refractivity contribution in [3.8, 4) is 6.07 Å². The number of hydrogen-bond acceptors (Lipinski definition) is 4. The van der Waals surface area contributed by atoms with Gasteiger partial charge < -0.3 is 4.74 Å². The van der Waals surface area contributed by atoms with Crippen LogP contribution in [0.2, 0.25) is 0 Å². The number of carbonyl (C=O) groups is 1. The lowest BCUT2D eigenvalue weighted by molar-refractivity contribution is 0.0791. The van der Waals surface area contributed by atoms with Gasteiger partial charge in [0.15, 0.2) is 0 Å². The van der Waals surface area contributed by atoms with Crippen LogP contribution in [-0.2, 0) is 11.3 Å². The van der Waals surface area contributed by atoms with E-state index in [1.807, 2.05) is 12.1 Å². The van der Waals surface area contributed by atoms with Crippen LogP contribution < -0.4 is 4.90 Å². The molecule has 0 aromatic heterocycles. The Kier molecular flexibility index (Phi) is 4.83. The maximum absolute atomic E-state index is 12.7. The molecule has 3 atom stereocenters. The van der Waals surface area contributed by atoms with Crippen molar-refractivity contribution in [2.75, 3.05) is 18.5 Å². The lowest BCUT2D eigenvalue weighted by Gasteiger charge is -2.27. The third-order valence-corrected chi connectivity index (χ3v) is 5.72. The first-order valence-corrected chi connectivity index (χ1v) is 9.38. The molecule has 4 rings (SSSR count). The Balaban J connectivity index is 1.42. The highest BCUT2D eigenvalue weighted by atomic mass is 16.6. The second kappa shape index (κ2) is 7.42. The molecule has 1 heterocycles. The molecule has 1 saturated heterocycles. The molecule has 2 bridgehead atoms. The van der Waals surface area contributed by atoms with Gasteiger partial charge >= 0.3 is 6.09 Å². The van der Waals surface area contributed by atoms with Gasteiger partial charge in [-0.3, -0.25) is 9.80 Å². The number of amides is 1. The lowest BCUT2D eigenvalue weighted by atomic mass is 10.1. The van der Waals surface area contributed by atoms with Crippen LogP contribution in [0.25, 0.3) is 0 Å². The fraction of sp³-hybridized carbons (Fsp3) is 0.364. The van der Waals surface area contributed by atoms with E-state index >= 15 is 0 Å². The summed E-state index contributed by atoms with van der Waals surface area (Å²) in [5.41, 5.74) is 2.49. The quantitative estimate of drug-likeness (QED) is 0.831. The number of anilines is 1. The van der Waals surface area contributed by atoms with E-state index in [9.17, 15) is 4.79 Å². The molecule has 138 valence electrons. The van der Waals surface area contributed by atoms with Crippen LogP contribution in [0.5, 0.6) is 0 Å². The van der Waals surface area contributed by atoms with Crippen LogP contribution in [0, 0.1) is 17.2 Å². The fourth-order valence-corrected chi connectivity index (χ4v) is 4.31. The van der Waals surface area contributed by atoms with Crippen LogP contribution in [0.3, 0.4) is 0 Å². The summed E-state index contributed by atoms with van der Waals surface area (Å²) in [6, 6.07) is 19.8. The lowest BCUT2D eigenvalue weighted by Crippen LogP contribution is -2.38. The number of fused-ring (bicyclic) bond motifs is 2. The minimum Gasteiger partial charge on any atom is -0.444 e. The molecule has 1 saturated carbocycles. The van der Waals surface area contributed by atoms with Crippen LogP contribution >= 0.6 is 0 Å². The van der Waals surface area contributed by atoms with Gasteiger partial charge in [-0.25, -0.2) is 4.79 Å². The highest BCUT2D eigenvalue weighted by molar-refractivity contribution is 5.87. The van der Waals surface area contributed by atoms with Crippen molar-refractivity contribution in [2.24, 2.45) is 5.92 Å². The molecule has 2 aromatic carbocycles. The first kappa shape index (κ1) is 17.6. The Labute approximate surface area is 159 Å². The molecule has 0 radical (unpaired) electrons. The number of nitriles is 1. The standard InChI is InChI=1S/C22H23N3O2/c1-24(19-9-5-8-17(12-19)13-23)22(26)27-21-18-10-11-20(21)25(15-18)14-16-6-3-2-4-7-16/h2-9,12,18,20-21H,10-11,14-15H2,1H3. The van der Waals surface area contributed by atoms with Gasteiger partial charge in [0.25, 0.3) is 0 Å². The van der Waals surface area contributed by atoms with Gasteiger partial charge in [-0.2, -0.15) is 5.26 Å². The fourth-order valence-electron chi connectivity index (χ4n) is 4.31. The summed E-state index contributed by atoms with van der Waals surface area (Å²) in [6.07, 6.45) is 1.78. The number of benzene rings is 2. The molecular formula is C22H23N3O2. The molecule has 1 aliphatic heterocycles. The smallest absolute Gasteiger partial charge is 0.414 e. The van der Waals surface area contributed by atoms with Crippen LogP contribution in [-0.4, -0.2) is 36.7 Å². The average Bonchev–Trinajstić information content (AvgIpc) is 3.24. The maximum Gasteiger partial charge on any atom is 0.414 e. The van der Waals surface area contributed by atoms with Gasteiger partial charge in [-0.15, -0.1) is 0 Å². The van der Waals surface area contributed by atoms with Gasteiger partial charge in [0.2, 0.25) is 0 Å². The molecule has 5 nitrogen and oxygen atoms in total. The second-order valence-corrected chi connectivity index (χ2v) is 7.39. The van der Waals surface area contributed by atoms with E-state index in [2.05, 4.69) is 35.2 Å². The molecular weight excluding hydrogens is 338 g/mol. The van der Waals surface area contributed by atoms with Crippen molar-refractivity contribution in [1.82, 2.24) is 4.90 Å². The van der Waals surface area contributed by atoms with Gasteiger partial charge in [-0.05, 0) is 36.6 Å². The zero-order valence-electron chi connectivity index (χ0n) is 15.4. The summed E-state index contributed by atoms with van der Waals surface area (Å²) in [5, 5.41) is 9.05. The molecule has 2 aliphatic rings. The second-order valence-electron chi connectivity index (χ2n) is 7.39. The number of likely N-dealkylation sites (tertiary alicyclic amines) is 1. The van der Waals surface area contributed by atoms with Crippen molar-refractivity contribution in [3.63, 3.8) is 0 Å². The summed E-state index contributed by atoms with van der Waals surface area (Å²) in [5.74, 6) is 0.404. The van der Waals surface area contributed by atoms with Gasteiger partial charge in [0.05, 0.1) is 11.6 Å². The van der Waals surface area contributed by atoms with Gasteiger partial charge in [-0.1, -0.05) is 36.4 Å². The molecule has 5 heteroatoms. The summed E-state index contributed by atoms with van der Waals surface area (Å²) >= 11 is 0. The van der Waals surface area contributed by atoms with Crippen LogP contribution in [0.1, 0.15) is 24.0 Å². The third-order valence-electron chi connectivity index (χ3n) is 5.72. The number of nitrogens with zero attached hydrogens (tertiary/aromatic N) is 3. The average molecular weight is 361 g/mol. The first-order chi connectivity index (χ1) is 13.2. The Hall–Kier alpha value is -2.84. The summed E-state index contributed by atoms with van der Waals surface area (Å²) in [6.45, 7) is 1.88. The topological polar surface area (TPSA) is 56.6 Å². The summed E-state index contributed by atoms with van der Waals surface area (Å²) < 4.78 is 5.92. The van der Waals surface area contributed by atoms with Crippen LogP contribution in [0.15, 0.2) is 54.6 Å². The van der Waals surface area contributed by atoms with Crippen molar-refractivity contribution >= 4 is 11.8 Å². The zero-order chi connectivity index (χ0) is 18.8. The first-order valence-electron chi connectivity index (χ1n) is 9.38. The number of piperidine rings is 1. The van der Waals surface area contributed by atoms with Gasteiger partial charge in [0, 0.05) is 37.8 Å². The van der Waals surface area contributed by atoms with Crippen LogP contribution in [0.4, 0.5) is 10.5 Å². The monoisotopic (exact) mass is 361 g/mol. The Morgan fingerprint density at radius 2 is 2.04 bits per heavy atom. The van der Waals surface area contributed by atoms with E-state index in [1.165, 1.54) is 10.5 Å². The zero-order valence-corrected chi connectivity index (χ0v) is 15.4. The molecule has 0 N–H and O–H groups in total. The van der Waals surface area contributed by atoms with Crippen molar-refractivity contribution in [3.05, 3.63) is 65.7 Å². The number of ether oxygens (including phenoxy) is 1. The molecule has 2 fully saturated rings. The summed E-state index contributed by atoms with van der Waals surface area (Å²) in [7, 11) is 1.69. The van der Waals surface area contributed by atoms with E-state index < -0.39 is 0 Å². The van der Waals surface area contributed by atoms with E-state index in [0.717, 1.165) is 25.9 Å². The normalized spacial score (nSPS) is 23.8. The molecule has 3 unspecified atom stereocenters.